The van der Waals surface area contributed by atoms with Crippen LogP contribution in [0.4, 0.5) is 0 Å². The van der Waals surface area contributed by atoms with Crippen molar-refractivity contribution in [2.45, 2.75) is 11.3 Å². The molecule has 0 fully saturated rings. The number of oxazole rings is 1. The fourth-order valence-electron chi connectivity index (χ4n) is 1.36. The number of benzene rings is 1. The molecular formula is C13H11N3OS. The van der Waals surface area contributed by atoms with Crippen LogP contribution in [0.5, 0.6) is 0 Å². The van der Waals surface area contributed by atoms with E-state index < -0.39 is 0 Å². The van der Waals surface area contributed by atoms with Crippen LogP contribution in [0.2, 0.25) is 0 Å². The van der Waals surface area contributed by atoms with Gasteiger partial charge in [0.1, 0.15) is 5.52 Å². The van der Waals surface area contributed by atoms with Crippen molar-refractivity contribution < 1.29 is 4.42 Å². The molecule has 0 unspecified atom stereocenters. The number of hydrogen-bond acceptors (Lipinski definition) is 4. The van der Waals surface area contributed by atoms with Gasteiger partial charge in [-0.05, 0) is 12.1 Å². The Labute approximate surface area is 110 Å². The summed E-state index contributed by atoms with van der Waals surface area (Å²) in [5.41, 5.74) is 1.51. The number of rotatable bonds is 1. The summed E-state index contributed by atoms with van der Waals surface area (Å²) in [6.07, 6.45) is 10.7. The van der Waals surface area contributed by atoms with Gasteiger partial charge in [0.25, 0.3) is 0 Å². The van der Waals surface area contributed by atoms with Gasteiger partial charge >= 0.3 is 0 Å². The van der Waals surface area contributed by atoms with Crippen molar-refractivity contribution in [2.75, 3.05) is 0 Å². The maximum absolute atomic E-state index is 5.39. The Bertz CT molecular complexity index is 635. The fourth-order valence-corrected chi connectivity index (χ4v) is 1.60. The molecule has 0 aliphatic carbocycles. The molecule has 0 spiro atoms. The topological polar surface area (TPSA) is 54.7 Å². The lowest BCUT2D eigenvalue weighted by molar-refractivity contribution is 0.549. The zero-order valence-electron chi connectivity index (χ0n) is 9.50. The van der Waals surface area contributed by atoms with E-state index in [9.17, 15) is 0 Å². The number of terminal acetylenes is 1. The number of fused-ring (bicyclic) bond motifs is 1. The minimum atomic E-state index is 0.419. The van der Waals surface area contributed by atoms with Crippen molar-refractivity contribution in [1.82, 2.24) is 15.0 Å². The second-order valence-corrected chi connectivity index (χ2v) is 3.85. The van der Waals surface area contributed by atoms with Gasteiger partial charge in [0.15, 0.2) is 5.58 Å². The molecule has 2 aromatic heterocycles. The van der Waals surface area contributed by atoms with Crippen molar-refractivity contribution >= 4 is 23.7 Å². The van der Waals surface area contributed by atoms with Crippen LogP contribution in [0.3, 0.4) is 0 Å². The highest BCUT2D eigenvalue weighted by molar-refractivity contribution is 7.80. The molecule has 0 saturated heterocycles. The molecule has 1 aromatic carbocycles. The quantitative estimate of drug-likeness (QED) is 0.520. The molecule has 0 amide bonds. The molecule has 0 bridgehead atoms. The molecule has 5 heteroatoms. The molecule has 0 aliphatic heterocycles. The third-order valence-electron chi connectivity index (χ3n) is 2.10. The Morgan fingerprint density at radius 1 is 1.44 bits per heavy atom. The average molecular weight is 257 g/mol. The number of aromatic nitrogens is 3. The van der Waals surface area contributed by atoms with Crippen molar-refractivity contribution in [3.05, 3.63) is 42.8 Å². The maximum Gasteiger partial charge on any atom is 0.207 e. The molecular weight excluding hydrogens is 246 g/mol. The number of para-hydroxylation sites is 1. The average Bonchev–Trinajstić information content (AvgIpc) is 3.01. The van der Waals surface area contributed by atoms with Crippen LogP contribution in [0, 0.1) is 12.3 Å². The molecule has 4 nitrogen and oxygen atoms in total. The molecule has 2 heterocycles. The highest BCUT2D eigenvalue weighted by Gasteiger charge is 2.05. The Balaban J connectivity index is 0.000000202. The second kappa shape index (κ2) is 5.94. The van der Waals surface area contributed by atoms with Crippen LogP contribution < -0.4 is 0 Å². The van der Waals surface area contributed by atoms with Crippen LogP contribution in [0.25, 0.3) is 11.1 Å². The van der Waals surface area contributed by atoms with E-state index in [1.165, 1.54) is 0 Å². The number of thiol groups is 1. The summed E-state index contributed by atoms with van der Waals surface area (Å²) in [4.78, 5) is 11.4. The lowest BCUT2D eigenvalue weighted by atomic mass is 10.3. The van der Waals surface area contributed by atoms with E-state index >= 15 is 0 Å². The van der Waals surface area contributed by atoms with Gasteiger partial charge in [-0.15, -0.1) is 19.1 Å². The summed E-state index contributed by atoms with van der Waals surface area (Å²) in [5.74, 6) is 3.05. The van der Waals surface area contributed by atoms with Gasteiger partial charge in [0.2, 0.25) is 5.89 Å². The molecule has 1 N–H and O–H groups in total. The van der Waals surface area contributed by atoms with Crippen LogP contribution in [-0.4, -0.2) is 15.0 Å². The molecule has 3 aromatic rings. The monoisotopic (exact) mass is 257 g/mol. The summed E-state index contributed by atoms with van der Waals surface area (Å²) in [6, 6.07) is 5.59. The van der Waals surface area contributed by atoms with Gasteiger partial charge in [0, 0.05) is 17.3 Å². The Kier molecular flexibility index (Phi) is 4.05. The number of nitrogens with one attached hydrogen (secondary N) is 1. The number of H-pyrrole nitrogens is 1. The highest BCUT2D eigenvalue weighted by atomic mass is 32.1. The van der Waals surface area contributed by atoms with Crippen LogP contribution >= 0.6 is 12.6 Å². The third kappa shape index (κ3) is 2.93. The normalized spacial score (nSPS) is 9.56. The summed E-state index contributed by atoms with van der Waals surface area (Å²) in [5, 5.41) is 0. The summed E-state index contributed by atoms with van der Waals surface area (Å²) >= 11 is 4.26. The van der Waals surface area contributed by atoms with Crippen molar-refractivity contribution in [2.24, 2.45) is 0 Å². The predicted molar refractivity (Wildman–Crippen MR) is 72.4 cm³/mol. The van der Waals surface area contributed by atoms with E-state index in [2.05, 4.69) is 33.5 Å². The van der Waals surface area contributed by atoms with Gasteiger partial charge in [-0.25, -0.2) is 9.97 Å². The molecule has 0 radical (unpaired) electrons. The first kappa shape index (κ1) is 12.3. The molecule has 0 atom stereocenters. The van der Waals surface area contributed by atoms with Gasteiger partial charge < -0.3 is 9.40 Å². The van der Waals surface area contributed by atoms with E-state index in [-0.39, 0.29) is 0 Å². The highest BCUT2D eigenvalue weighted by Crippen LogP contribution is 2.21. The van der Waals surface area contributed by atoms with Gasteiger partial charge in [-0.3, -0.25) is 0 Å². The SMILES string of the molecule is C#CCc1nc2c(S)cccc2o1.c1c[nH]cn1. The zero-order chi connectivity index (χ0) is 12.8. The van der Waals surface area contributed by atoms with Gasteiger partial charge in [-0.1, -0.05) is 12.0 Å². The molecule has 0 aliphatic rings. The van der Waals surface area contributed by atoms with Crippen LogP contribution in [0.1, 0.15) is 5.89 Å². The Morgan fingerprint density at radius 3 is 2.89 bits per heavy atom. The molecule has 0 saturated carbocycles. The van der Waals surface area contributed by atoms with Crippen molar-refractivity contribution in [3.8, 4) is 12.3 Å². The fraction of sp³-hybridized carbons (Fsp3) is 0.0769. The molecule has 3 rings (SSSR count). The lowest BCUT2D eigenvalue weighted by Gasteiger charge is -1.87. The first-order chi connectivity index (χ1) is 8.81. The van der Waals surface area contributed by atoms with Crippen molar-refractivity contribution in [1.29, 1.82) is 0 Å². The largest absolute Gasteiger partial charge is 0.440 e. The lowest BCUT2D eigenvalue weighted by Crippen LogP contribution is -1.78. The smallest absolute Gasteiger partial charge is 0.207 e. The van der Waals surface area contributed by atoms with E-state index in [0.29, 0.717) is 12.3 Å². The van der Waals surface area contributed by atoms with E-state index in [1.54, 1.807) is 18.7 Å². The first-order valence-electron chi connectivity index (χ1n) is 5.25. The van der Waals surface area contributed by atoms with E-state index in [0.717, 1.165) is 16.0 Å². The minimum Gasteiger partial charge on any atom is -0.440 e. The van der Waals surface area contributed by atoms with Gasteiger partial charge in [-0.2, -0.15) is 0 Å². The summed E-state index contributed by atoms with van der Waals surface area (Å²) in [6.45, 7) is 0. The molecule has 90 valence electrons. The first-order valence-corrected chi connectivity index (χ1v) is 5.69. The number of aromatic amines is 1. The van der Waals surface area contributed by atoms with E-state index in [1.807, 2.05) is 18.2 Å². The third-order valence-corrected chi connectivity index (χ3v) is 2.46. The summed E-state index contributed by atoms with van der Waals surface area (Å²) in [7, 11) is 0. The van der Waals surface area contributed by atoms with Crippen LogP contribution in [-0.2, 0) is 6.42 Å². The molecule has 18 heavy (non-hydrogen) atoms. The van der Waals surface area contributed by atoms with Crippen LogP contribution in [0.15, 0.2) is 46.2 Å². The zero-order valence-corrected chi connectivity index (χ0v) is 10.4. The number of imidazole rings is 1. The predicted octanol–water partition coefficient (Wildman–Crippen LogP) is 2.70. The van der Waals surface area contributed by atoms with Crippen molar-refractivity contribution in [3.63, 3.8) is 0 Å². The Hall–Kier alpha value is -2.19. The number of hydrogen-bond donors (Lipinski definition) is 2. The number of nitrogens with zero attached hydrogens (tertiary/aromatic N) is 2. The second-order valence-electron chi connectivity index (χ2n) is 3.37. The standard InChI is InChI=1S/C10H7NOS.C3H4N2/c1-2-4-9-11-10-7(12-9)5-3-6-8(10)13;1-2-5-3-4-1/h1,3,5-6,13H,4H2;1-3H,(H,4,5). The minimum absolute atomic E-state index is 0.419. The van der Waals surface area contributed by atoms with E-state index in [4.69, 9.17) is 10.8 Å². The maximum atomic E-state index is 5.39. The Morgan fingerprint density at radius 2 is 2.33 bits per heavy atom. The summed E-state index contributed by atoms with van der Waals surface area (Å²) < 4.78 is 5.39. The van der Waals surface area contributed by atoms with Gasteiger partial charge in [0.05, 0.1) is 12.7 Å².